The number of fused-ring (bicyclic) bond motifs is 1. The van der Waals surface area contributed by atoms with Gasteiger partial charge in [0.2, 0.25) is 6.75 Å². The Bertz CT molecular complexity index is 1070. The molecule has 2 aromatic carbocycles. The van der Waals surface area contributed by atoms with Gasteiger partial charge in [-0.15, -0.1) is 0 Å². The third-order valence-electron chi connectivity index (χ3n) is 3.57. The molecule has 5 heteroatoms. The Hall–Kier alpha value is -2.27. The minimum atomic E-state index is -2.97. The van der Waals surface area contributed by atoms with Crippen molar-refractivity contribution < 1.29 is 30.9 Å². The molecule has 0 amide bonds. The van der Waals surface area contributed by atoms with Crippen molar-refractivity contribution in [1.82, 2.24) is 5.32 Å². The van der Waals surface area contributed by atoms with Gasteiger partial charge < -0.3 is 19.5 Å². The predicted molar refractivity (Wildman–Crippen MR) is 88.2 cm³/mol. The molecule has 126 valence electrons. The Labute approximate surface area is 153 Å². The molecule has 0 radical (unpaired) electrons. The zero-order valence-corrected chi connectivity index (χ0v) is 12.4. The van der Waals surface area contributed by atoms with Crippen LogP contribution in [-0.2, 0) is 0 Å². The van der Waals surface area contributed by atoms with Crippen LogP contribution in [0.1, 0.15) is 30.2 Å². The Balaban J connectivity index is 1.77. The van der Waals surface area contributed by atoms with Crippen LogP contribution in [0.5, 0.6) is 17.2 Å². The number of hydrogen-bond donors (Lipinski definition) is 1. The topological polar surface area (TPSA) is 39.7 Å². The molecular weight excluding hydrogens is 309 g/mol. The van der Waals surface area contributed by atoms with Crippen LogP contribution in [-0.4, -0.2) is 26.3 Å². The van der Waals surface area contributed by atoms with E-state index in [1.165, 1.54) is 12.1 Å². The lowest BCUT2D eigenvalue weighted by atomic mass is 9.81. The summed E-state index contributed by atoms with van der Waals surface area (Å²) in [6.07, 6.45) is -2.47. The normalized spacial score (nSPS) is 37.9. The van der Waals surface area contributed by atoms with Gasteiger partial charge in [0.25, 0.3) is 0 Å². The van der Waals surface area contributed by atoms with Crippen LogP contribution in [0.4, 0.5) is 4.39 Å². The summed E-state index contributed by atoms with van der Waals surface area (Å²) in [7, 11) is 0. The van der Waals surface area contributed by atoms with Crippen molar-refractivity contribution in [2.24, 2.45) is 5.92 Å². The summed E-state index contributed by atoms with van der Waals surface area (Å²) in [6, 6.07) is 7.96. The molecule has 24 heavy (non-hydrogen) atoms. The van der Waals surface area contributed by atoms with Gasteiger partial charge in [-0.05, 0) is 48.6 Å². The van der Waals surface area contributed by atoms with Gasteiger partial charge in [-0.3, -0.25) is 0 Å². The van der Waals surface area contributed by atoms with Gasteiger partial charge in [0.1, 0.15) is 14.3 Å². The number of benzene rings is 2. The van der Waals surface area contributed by atoms with Gasteiger partial charge in [0.05, 0.1) is 9.30 Å². The molecule has 0 aromatic heterocycles. The molecule has 0 bridgehead atoms. The molecule has 2 aliphatic heterocycles. The minimum Gasteiger partial charge on any atom is -0.493 e. The second-order valence-electron chi connectivity index (χ2n) is 5.14. The molecule has 0 aliphatic carbocycles. The number of halogens is 1. The summed E-state index contributed by atoms with van der Waals surface area (Å²) in [5, 5.41) is 2.33. The van der Waals surface area contributed by atoms with E-state index >= 15 is 0 Å². The number of piperidine rings is 1. The zero-order valence-electron chi connectivity index (χ0n) is 21.4. The summed E-state index contributed by atoms with van der Waals surface area (Å²) in [6.45, 7) is -8.57. The molecule has 1 unspecified atom stereocenters. The summed E-state index contributed by atoms with van der Waals surface area (Å²) >= 11 is 0. The average Bonchev–Trinajstić information content (AvgIpc) is 2.98. The zero-order chi connectivity index (χ0) is 24.4. The van der Waals surface area contributed by atoms with Crippen molar-refractivity contribution >= 4 is 0 Å². The standard InChI is InChI=1S/C19H20FNO3/c20-15-3-1-13(2-4-15)17-7-8-21-10-14(17)11-22-16-5-6-18-19(9-16)24-12-23-18/h1-6,9,14,17,21H,7-8,10-12H2/t14-,17?/m0/s1/i7D2,10D2,11D2,12D2,17D. The van der Waals surface area contributed by atoms with E-state index in [0.29, 0.717) is 0 Å². The first-order valence-corrected chi connectivity index (χ1v) is 7.30. The van der Waals surface area contributed by atoms with E-state index < -0.39 is 50.3 Å². The maximum atomic E-state index is 13.5. The Morgan fingerprint density at radius 2 is 2.08 bits per heavy atom. The molecule has 1 N–H and O–H groups in total. The highest BCUT2D eigenvalue weighted by Crippen LogP contribution is 2.36. The van der Waals surface area contributed by atoms with Crippen LogP contribution >= 0.6 is 0 Å². The molecule has 2 atom stereocenters. The third kappa shape index (κ3) is 3.17. The van der Waals surface area contributed by atoms with E-state index in [1.54, 1.807) is 0 Å². The van der Waals surface area contributed by atoms with Gasteiger partial charge in [-0.1, -0.05) is 12.1 Å². The van der Waals surface area contributed by atoms with Crippen molar-refractivity contribution in [2.45, 2.75) is 12.3 Å². The van der Waals surface area contributed by atoms with Crippen LogP contribution < -0.4 is 19.5 Å². The highest BCUT2D eigenvalue weighted by Gasteiger charge is 2.27. The number of rotatable bonds is 4. The van der Waals surface area contributed by atoms with Gasteiger partial charge >= 0.3 is 0 Å². The van der Waals surface area contributed by atoms with Crippen molar-refractivity contribution in [3.05, 3.63) is 53.8 Å². The van der Waals surface area contributed by atoms with E-state index in [1.807, 2.05) is 0 Å². The van der Waals surface area contributed by atoms with E-state index in [4.69, 9.17) is 26.5 Å². The number of hydrogen-bond acceptors (Lipinski definition) is 4. The quantitative estimate of drug-likeness (QED) is 0.928. The molecule has 4 nitrogen and oxygen atoms in total. The van der Waals surface area contributed by atoms with Crippen LogP contribution in [0.25, 0.3) is 0 Å². The highest BCUT2D eigenvalue weighted by molar-refractivity contribution is 5.46. The molecular formula is C19H20FNO3. The van der Waals surface area contributed by atoms with Crippen molar-refractivity contribution in [2.75, 3.05) is 26.3 Å². The molecule has 1 fully saturated rings. The molecule has 0 saturated carbocycles. The monoisotopic (exact) mass is 338 g/mol. The van der Waals surface area contributed by atoms with Crippen LogP contribution in [0, 0.1) is 11.7 Å². The maximum Gasteiger partial charge on any atom is 0.231 e. The lowest BCUT2D eigenvalue weighted by molar-refractivity contribution is 0.173. The lowest BCUT2D eigenvalue weighted by Crippen LogP contribution is -2.38. The Morgan fingerprint density at radius 1 is 1.25 bits per heavy atom. The van der Waals surface area contributed by atoms with E-state index in [0.717, 1.165) is 30.3 Å². The predicted octanol–water partition coefficient (Wildman–Crippen LogP) is 3.33. The first-order valence-electron chi connectivity index (χ1n) is 11.8. The van der Waals surface area contributed by atoms with E-state index in [-0.39, 0.29) is 22.8 Å². The molecule has 0 spiro atoms. The van der Waals surface area contributed by atoms with Crippen LogP contribution in [0.3, 0.4) is 0 Å². The fourth-order valence-electron chi connectivity index (χ4n) is 2.41. The molecule has 1 saturated heterocycles. The van der Waals surface area contributed by atoms with Crippen LogP contribution in [0.2, 0.25) is 0 Å². The maximum absolute atomic E-state index is 13.5. The Morgan fingerprint density at radius 3 is 2.96 bits per heavy atom. The second kappa shape index (κ2) is 6.69. The summed E-state index contributed by atoms with van der Waals surface area (Å²) in [5.74, 6) is -5.42. The van der Waals surface area contributed by atoms with Crippen molar-refractivity contribution in [3.63, 3.8) is 0 Å². The Kier molecular flexibility index (Phi) is 2.29. The van der Waals surface area contributed by atoms with Gasteiger partial charge in [0.15, 0.2) is 11.5 Å². The van der Waals surface area contributed by atoms with E-state index in [9.17, 15) is 4.39 Å². The smallest absolute Gasteiger partial charge is 0.231 e. The first kappa shape index (κ1) is 8.21. The number of nitrogens with one attached hydrogen (secondary N) is 1. The molecule has 4 rings (SSSR count). The summed E-state index contributed by atoms with van der Waals surface area (Å²) in [5.41, 5.74) is -0.115. The first-order chi connectivity index (χ1) is 15.1. The van der Waals surface area contributed by atoms with Gasteiger partial charge in [0, 0.05) is 25.3 Å². The van der Waals surface area contributed by atoms with Gasteiger partial charge in [-0.25, -0.2) is 4.39 Å². The summed E-state index contributed by atoms with van der Waals surface area (Å²) < 4.78 is 104. The molecule has 2 heterocycles. The van der Waals surface area contributed by atoms with Crippen molar-refractivity contribution in [3.8, 4) is 17.2 Å². The lowest BCUT2D eigenvalue weighted by Gasteiger charge is -2.32. The largest absolute Gasteiger partial charge is 0.493 e. The van der Waals surface area contributed by atoms with Crippen molar-refractivity contribution in [1.29, 1.82) is 0 Å². The molecule has 2 aliphatic rings. The fraction of sp³-hybridized carbons (Fsp3) is 0.368. The molecule has 2 aromatic rings. The average molecular weight is 338 g/mol. The van der Waals surface area contributed by atoms with Gasteiger partial charge in [-0.2, -0.15) is 0 Å². The SMILES string of the molecule is [2H]C1([2H])Oc2ccc(OC([2H])([2H])[C@@H]3C([2H])([2H])NCC([2H])([2H])C3([2H])c3ccc(F)cc3)cc2O1. The second-order valence-corrected chi connectivity index (χ2v) is 5.14. The fourth-order valence-corrected chi connectivity index (χ4v) is 2.41. The third-order valence-corrected chi connectivity index (χ3v) is 3.57. The number of ether oxygens (including phenoxy) is 3. The van der Waals surface area contributed by atoms with E-state index in [2.05, 4.69) is 5.32 Å². The minimum absolute atomic E-state index is 0.0556. The van der Waals surface area contributed by atoms with Crippen LogP contribution in [0.15, 0.2) is 42.5 Å². The summed E-state index contributed by atoms with van der Waals surface area (Å²) in [4.78, 5) is 0. The highest BCUT2D eigenvalue weighted by atomic mass is 19.1.